The first-order chi connectivity index (χ1) is 9.70. The number of aromatic nitrogens is 2. The van der Waals surface area contributed by atoms with E-state index in [1.165, 1.54) is 0 Å². The van der Waals surface area contributed by atoms with Crippen LogP contribution in [0.1, 0.15) is 18.9 Å². The van der Waals surface area contributed by atoms with Crippen LogP contribution in [-0.2, 0) is 11.3 Å². The third-order valence-corrected chi connectivity index (χ3v) is 3.02. The number of hydrogen-bond donors (Lipinski definition) is 1. The van der Waals surface area contributed by atoms with Crippen molar-refractivity contribution in [2.75, 3.05) is 7.05 Å². The number of aromatic amines is 1. The van der Waals surface area contributed by atoms with Gasteiger partial charge in [-0.05, 0) is 18.6 Å². The van der Waals surface area contributed by atoms with Crippen LogP contribution in [0.15, 0.2) is 42.7 Å². The minimum atomic E-state index is -0.464. The van der Waals surface area contributed by atoms with Gasteiger partial charge in [-0.2, -0.15) is 5.10 Å². The largest absolute Gasteiger partial charge is 0.481 e. The van der Waals surface area contributed by atoms with Crippen LogP contribution in [0.2, 0.25) is 0 Å². The molecule has 0 spiro atoms. The highest BCUT2D eigenvalue weighted by atomic mass is 16.5. The van der Waals surface area contributed by atoms with E-state index in [4.69, 9.17) is 4.74 Å². The Bertz CT molecular complexity index is 525. The van der Waals surface area contributed by atoms with Crippen molar-refractivity contribution in [3.63, 3.8) is 0 Å². The molecule has 5 heteroatoms. The molecule has 0 saturated heterocycles. The summed E-state index contributed by atoms with van der Waals surface area (Å²) in [5.74, 6) is 0.682. The van der Waals surface area contributed by atoms with E-state index in [1.54, 1.807) is 24.3 Å². The SMILES string of the molecule is CCC(Oc1ccccc1)C(=O)N(C)Cc1cn[nH]c1. The van der Waals surface area contributed by atoms with Crippen LogP contribution in [0.4, 0.5) is 0 Å². The van der Waals surface area contributed by atoms with Crippen molar-refractivity contribution in [1.29, 1.82) is 0 Å². The monoisotopic (exact) mass is 273 g/mol. The zero-order valence-electron chi connectivity index (χ0n) is 11.7. The molecule has 1 amide bonds. The fourth-order valence-corrected chi connectivity index (χ4v) is 1.93. The summed E-state index contributed by atoms with van der Waals surface area (Å²) in [6, 6.07) is 9.40. The minimum Gasteiger partial charge on any atom is -0.481 e. The summed E-state index contributed by atoms with van der Waals surface area (Å²) < 4.78 is 5.75. The normalized spacial score (nSPS) is 11.9. The van der Waals surface area contributed by atoms with E-state index in [0.717, 1.165) is 5.56 Å². The predicted molar refractivity (Wildman–Crippen MR) is 76.2 cm³/mol. The molecule has 1 aromatic carbocycles. The van der Waals surface area contributed by atoms with Crippen LogP contribution in [0.5, 0.6) is 5.75 Å². The van der Waals surface area contributed by atoms with Gasteiger partial charge in [0.2, 0.25) is 0 Å². The van der Waals surface area contributed by atoms with Gasteiger partial charge in [0.1, 0.15) is 5.75 Å². The molecule has 0 fully saturated rings. The molecule has 1 atom stereocenters. The Balaban J connectivity index is 1.97. The Hall–Kier alpha value is -2.30. The maximum atomic E-state index is 12.4. The first-order valence-corrected chi connectivity index (χ1v) is 6.65. The number of nitrogens with one attached hydrogen (secondary N) is 1. The first-order valence-electron chi connectivity index (χ1n) is 6.65. The third kappa shape index (κ3) is 3.60. The number of H-pyrrole nitrogens is 1. The number of amides is 1. The lowest BCUT2D eigenvalue weighted by Crippen LogP contribution is -2.39. The number of carbonyl (C=O) groups is 1. The van der Waals surface area contributed by atoms with E-state index in [-0.39, 0.29) is 5.91 Å². The zero-order valence-corrected chi connectivity index (χ0v) is 11.7. The molecular formula is C15H19N3O2. The number of likely N-dealkylation sites (N-methyl/N-ethyl adjacent to an activating group) is 1. The predicted octanol–water partition coefficient (Wildman–Crippen LogP) is 2.23. The summed E-state index contributed by atoms with van der Waals surface area (Å²) in [4.78, 5) is 14.0. The maximum Gasteiger partial charge on any atom is 0.263 e. The summed E-state index contributed by atoms with van der Waals surface area (Å²) in [7, 11) is 1.77. The molecule has 0 aliphatic heterocycles. The van der Waals surface area contributed by atoms with Crippen LogP contribution in [0.25, 0.3) is 0 Å². The second-order valence-corrected chi connectivity index (χ2v) is 4.63. The van der Waals surface area contributed by atoms with Crippen molar-refractivity contribution in [3.05, 3.63) is 48.3 Å². The van der Waals surface area contributed by atoms with Crippen LogP contribution in [-0.4, -0.2) is 34.2 Å². The van der Waals surface area contributed by atoms with E-state index in [0.29, 0.717) is 18.7 Å². The maximum absolute atomic E-state index is 12.4. The van der Waals surface area contributed by atoms with Gasteiger partial charge < -0.3 is 9.64 Å². The highest BCUT2D eigenvalue weighted by Crippen LogP contribution is 2.14. The fourth-order valence-electron chi connectivity index (χ4n) is 1.93. The molecule has 1 heterocycles. The van der Waals surface area contributed by atoms with Crippen molar-refractivity contribution >= 4 is 5.91 Å². The van der Waals surface area contributed by atoms with Gasteiger partial charge >= 0.3 is 0 Å². The van der Waals surface area contributed by atoms with E-state index >= 15 is 0 Å². The number of ether oxygens (including phenoxy) is 1. The second-order valence-electron chi connectivity index (χ2n) is 4.63. The second kappa shape index (κ2) is 6.75. The summed E-state index contributed by atoms with van der Waals surface area (Å²) in [6.45, 7) is 2.46. The molecule has 1 aromatic heterocycles. The Morgan fingerprint density at radius 3 is 2.75 bits per heavy atom. The summed E-state index contributed by atoms with van der Waals surface area (Å²) in [6.07, 6.45) is 3.66. The Morgan fingerprint density at radius 1 is 1.40 bits per heavy atom. The highest BCUT2D eigenvalue weighted by molar-refractivity contribution is 5.81. The summed E-state index contributed by atoms with van der Waals surface area (Å²) in [5, 5.41) is 6.61. The van der Waals surface area contributed by atoms with Crippen molar-refractivity contribution < 1.29 is 9.53 Å². The summed E-state index contributed by atoms with van der Waals surface area (Å²) in [5.41, 5.74) is 0.968. The molecule has 2 aromatic rings. The van der Waals surface area contributed by atoms with Crippen molar-refractivity contribution in [2.45, 2.75) is 26.0 Å². The average molecular weight is 273 g/mol. The van der Waals surface area contributed by atoms with Crippen LogP contribution < -0.4 is 4.74 Å². The average Bonchev–Trinajstić information content (AvgIpc) is 2.98. The Kier molecular flexibility index (Phi) is 4.76. The minimum absolute atomic E-state index is 0.0300. The van der Waals surface area contributed by atoms with E-state index in [2.05, 4.69) is 10.2 Å². The van der Waals surface area contributed by atoms with E-state index in [1.807, 2.05) is 37.3 Å². The highest BCUT2D eigenvalue weighted by Gasteiger charge is 2.22. The molecule has 0 saturated carbocycles. The molecule has 20 heavy (non-hydrogen) atoms. The van der Waals surface area contributed by atoms with Gasteiger partial charge in [0.15, 0.2) is 6.10 Å². The van der Waals surface area contributed by atoms with Gasteiger partial charge in [-0.3, -0.25) is 9.89 Å². The summed E-state index contributed by atoms with van der Waals surface area (Å²) >= 11 is 0. The van der Waals surface area contributed by atoms with Gasteiger partial charge in [0, 0.05) is 25.4 Å². The van der Waals surface area contributed by atoms with Gasteiger partial charge in [0.05, 0.1) is 6.20 Å². The van der Waals surface area contributed by atoms with Crippen LogP contribution >= 0.6 is 0 Å². The Labute approximate surface area is 118 Å². The molecule has 1 N–H and O–H groups in total. The molecule has 1 unspecified atom stereocenters. The van der Waals surface area contributed by atoms with Gasteiger partial charge in [-0.15, -0.1) is 0 Å². The van der Waals surface area contributed by atoms with E-state index in [9.17, 15) is 4.79 Å². The molecule has 0 aliphatic carbocycles. The quantitative estimate of drug-likeness (QED) is 0.878. The van der Waals surface area contributed by atoms with Gasteiger partial charge in [-0.25, -0.2) is 0 Å². The molecular weight excluding hydrogens is 254 g/mol. The smallest absolute Gasteiger partial charge is 0.263 e. The van der Waals surface area contributed by atoms with Crippen molar-refractivity contribution in [3.8, 4) is 5.75 Å². The molecule has 5 nitrogen and oxygen atoms in total. The fraction of sp³-hybridized carbons (Fsp3) is 0.333. The van der Waals surface area contributed by atoms with Crippen molar-refractivity contribution in [1.82, 2.24) is 15.1 Å². The van der Waals surface area contributed by atoms with Crippen LogP contribution in [0.3, 0.4) is 0 Å². The topological polar surface area (TPSA) is 58.2 Å². The Morgan fingerprint density at radius 2 is 2.15 bits per heavy atom. The molecule has 0 radical (unpaired) electrons. The number of carbonyl (C=O) groups excluding carboxylic acids is 1. The number of benzene rings is 1. The van der Waals surface area contributed by atoms with Gasteiger partial charge in [-0.1, -0.05) is 25.1 Å². The zero-order chi connectivity index (χ0) is 14.4. The first kappa shape index (κ1) is 14.1. The third-order valence-electron chi connectivity index (χ3n) is 3.02. The molecule has 0 aliphatic rings. The molecule has 2 rings (SSSR count). The number of nitrogens with zero attached hydrogens (tertiary/aromatic N) is 2. The number of hydrogen-bond acceptors (Lipinski definition) is 3. The standard InChI is InChI=1S/C15H19N3O2/c1-3-14(20-13-7-5-4-6-8-13)15(19)18(2)11-12-9-16-17-10-12/h4-10,14H,3,11H2,1-2H3,(H,16,17). The van der Waals surface area contributed by atoms with Crippen molar-refractivity contribution in [2.24, 2.45) is 0 Å². The van der Waals surface area contributed by atoms with Crippen LogP contribution in [0, 0.1) is 0 Å². The number of para-hydroxylation sites is 1. The lowest BCUT2D eigenvalue weighted by Gasteiger charge is -2.23. The number of rotatable bonds is 6. The lowest BCUT2D eigenvalue weighted by atomic mass is 10.2. The molecule has 106 valence electrons. The van der Waals surface area contributed by atoms with Gasteiger partial charge in [0.25, 0.3) is 5.91 Å². The molecule has 0 bridgehead atoms. The van der Waals surface area contributed by atoms with E-state index < -0.39 is 6.10 Å². The lowest BCUT2D eigenvalue weighted by molar-refractivity contribution is -0.138.